The SMILES string of the molecule is CCCCC(O)C1CCC(CNc2nc(NC)c3cc(-c4ccccc4C)ccc3n2)CC1. The number of fused-ring (bicyclic) bond motifs is 1. The predicted octanol–water partition coefficient (Wildman–Crippen LogP) is 6.42. The fourth-order valence-electron chi connectivity index (χ4n) is 5.12. The van der Waals surface area contributed by atoms with Gasteiger partial charge < -0.3 is 15.7 Å². The van der Waals surface area contributed by atoms with E-state index >= 15 is 0 Å². The third-order valence-corrected chi connectivity index (χ3v) is 7.23. The highest BCUT2D eigenvalue weighted by atomic mass is 16.3. The van der Waals surface area contributed by atoms with E-state index in [0.717, 1.165) is 68.2 Å². The predicted molar refractivity (Wildman–Crippen MR) is 139 cm³/mol. The van der Waals surface area contributed by atoms with E-state index in [9.17, 15) is 5.11 Å². The van der Waals surface area contributed by atoms with Gasteiger partial charge in [0.2, 0.25) is 5.95 Å². The smallest absolute Gasteiger partial charge is 0.225 e. The number of nitrogens with one attached hydrogen (secondary N) is 2. The molecule has 1 atom stereocenters. The standard InChI is InChI=1S/C28H38N4O/c1-4-5-10-26(33)21-13-11-20(12-14-21)18-30-28-31-25-16-15-22(17-24(25)27(29-3)32-28)23-9-7-6-8-19(23)2/h6-9,15-17,20-21,26,33H,4-5,10-14,18H2,1-3H3,(H2,29,30,31,32). The van der Waals surface area contributed by atoms with Gasteiger partial charge in [-0.05, 0) is 79.7 Å². The molecule has 1 aliphatic carbocycles. The summed E-state index contributed by atoms with van der Waals surface area (Å²) >= 11 is 0. The summed E-state index contributed by atoms with van der Waals surface area (Å²) in [6.07, 6.45) is 7.68. The number of benzene rings is 2. The Morgan fingerprint density at radius 2 is 1.85 bits per heavy atom. The van der Waals surface area contributed by atoms with Crippen molar-refractivity contribution in [2.24, 2.45) is 11.8 Å². The number of hydrogen-bond donors (Lipinski definition) is 3. The molecule has 5 nitrogen and oxygen atoms in total. The summed E-state index contributed by atoms with van der Waals surface area (Å²) in [6, 6.07) is 14.9. The van der Waals surface area contributed by atoms with Crippen molar-refractivity contribution in [1.82, 2.24) is 9.97 Å². The van der Waals surface area contributed by atoms with Gasteiger partial charge in [0.25, 0.3) is 0 Å². The van der Waals surface area contributed by atoms with Crippen LogP contribution in [0.4, 0.5) is 11.8 Å². The number of aryl methyl sites for hydroxylation is 1. The average Bonchev–Trinajstić information content (AvgIpc) is 2.85. The highest BCUT2D eigenvalue weighted by Gasteiger charge is 2.26. The van der Waals surface area contributed by atoms with Gasteiger partial charge in [-0.25, -0.2) is 4.98 Å². The highest BCUT2D eigenvalue weighted by Crippen LogP contribution is 2.33. The number of hydrogen-bond acceptors (Lipinski definition) is 5. The van der Waals surface area contributed by atoms with E-state index in [1.807, 2.05) is 7.05 Å². The van der Waals surface area contributed by atoms with Gasteiger partial charge in [-0.15, -0.1) is 0 Å². The molecule has 33 heavy (non-hydrogen) atoms. The van der Waals surface area contributed by atoms with E-state index in [1.165, 1.54) is 16.7 Å². The number of aromatic nitrogens is 2. The third kappa shape index (κ3) is 5.64. The molecule has 176 valence electrons. The summed E-state index contributed by atoms with van der Waals surface area (Å²) in [5, 5.41) is 18.2. The van der Waals surface area contributed by atoms with E-state index in [-0.39, 0.29) is 6.10 Å². The van der Waals surface area contributed by atoms with Crippen molar-refractivity contribution in [3.8, 4) is 11.1 Å². The lowest BCUT2D eigenvalue weighted by Gasteiger charge is -2.31. The summed E-state index contributed by atoms with van der Waals surface area (Å²) in [5.74, 6) is 2.62. The first kappa shape index (κ1) is 23.5. The van der Waals surface area contributed by atoms with Crippen LogP contribution in [0.2, 0.25) is 0 Å². The Morgan fingerprint density at radius 1 is 1.06 bits per heavy atom. The molecular weight excluding hydrogens is 408 g/mol. The Kier molecular flexibility index (Phi) is 7.81. The molecule has 1 saturated carbocycles. The summed E-state index contributed by atoms with van der Waals surface area (Å²) in [5.41, 5.74) is 4.62. The van der Waals surface area contributed by atoms with Crippen molar-refractivity contribution >= 4 is 22.7 Å². The van der Waals surface area contributed by atoms with E-state index < -0.39 is 0 Å². The molecule has 1 aromatic heterocycles. The normalized spacial score (nSPS) is 19.4. The number of unbranched alkanes of at least 4 members (excludes halogenated alkanes) is 1. The van der Waals surface area contributed by atoms with Crippen molar-refractivity contribution in [2.45, 2.75) is 64.9 Å². The lowest BCUT2D eigenvalue weighted by molar-refractivity contribution is 0.0663. The van der Waals surface area contributed by atoms with Gasteiger partial charge in [-0.3, -0.25) is 0 Å². The van der Waals surface area contributed by atoms with E-state index in [1.54, 1.807) is 0 Å². The maximum atomic E-state index is 10.4. The van der Waals surface area contributed by atoms with Crippen LogP contribution >= 0.6 is 0 Å². The molecule has 0 aliphatic heterocycles. The number of aliphatic hydroxyl groups excluding tert-OH is 1. The van der Waals surface area contributed by atoms with Crippen LogP contribution in [0.15, 0.2) is 42.5 Å². The summed E-state index contributed by atoms with van der Waals surface area (Å²) in [7, 11) is 1.91. The second-order valence-corrected chi connectivity index (χ2v) is 9.56. The third-order valence-electron chi connectivity index (χ3n) is 7.23. The van der Waals surface area contributed by atoms with E-state index in [4.69, 9.17) is 9.97 Å². The Morgan fingerprint density at radius 3 is 2.58 bits per heavy atom. The van der Waals surface area contributed by atoms with Crippen LogP contribution in [0.1, 0.15) is 57.4 Å². The number of aliphatic hydroxyl groups is 1. The second kappa shape index (κ2) is 11.0. The molecule has 1 heterocycles. The zero-order valence-corrected chi connectivity index (χ0v) is 20.3. The average molecular weight is 447 g/mol. The number of nitrogens with zero attached hydrogens (tertiary/aromatic N) is 2. The molecule has 1 unspecified atom stereocenters. The monoisotopic (exact) mass is 446 g/mol. The molecule has 0 amide bonds. The lowest BCUT2D eigenvalue weighted by Crippen LogP contribution is -2.28. The van der Waals surface area contributed by atoms with E-state index in [0.29, 0.717) is 17.8 Å². The lowest BCUT2D eigenvalue weighted by atomic mass is 9.78. The van der Waals surface area contributed by atoms with Crippen LogP contribution in [0.5, 0.6) is 0 Å². The maximum absolute atomic E-state index is 10.4. The number of anilines is 2. The molecular formula is C28H38N4O. The van der Waals surface area contributed by atoms with Crippen molar-refractivity contribution < 1.29 is 5.11 Å². The molecule has 0 bridgehead atoms. The first-order valence-electron chi connectivity index (χ1n) is 12.6. The molecule has 1 aliphatic rings. The molecule has 0 radical (unpaired) electrons. The van der Waals surface area contributed by atoms with E-state index in [2.05, 4.69) is 66.9 Å². The zero-order chi connectivity index (χ0) is 23.2. The Hall–Kier alpha value is -2.66. The van der Waals surface area contributed by atoms with Crippen molar-refractivity contribution in [3.63, 3.8) is 0 Å². The minimum absolute atomic E-state index is 0.120. The first-order chi connectivity index (χ1) is 16.1. The largest absolute Gasteiger partial charge is 0.393 e. The Balaban J connectivity index is 1.42. The van der Waals surface area contributed by atoms with Gasteiger partial charge in [0.05, 0.1) is 11.6 Å². The molecule has 1 fully saturated rings. The first-order valence-corrected chi connectivity index (χ1v) is 12.6. The molecule has 4 rings (SSSR count). The Bertz CT molecular complexity index is 1060. The number of rotatable bonds is 9. The van der Waals surface area contributed by atoms with Gasteiger partial charge >= 0.3 is 0 Å². The van der Waals surface area contributed by atoms with Gasteiger partial charge in [-0.2, -0.15) is 4.98 Å². The molecule has 2 aromatic carbocycles. The van der Waals surface area contributed by atoms with Crippen LogP contribution < -0.4 is 10.6 Å². The topological polar surface area (TPSA) is 70.1 Å². The van der Waals surface area contributed by atoms with Crippen LogP contribution in [0.3, 0.4) is 0 Å². The van der Waals surface area contributed by atoms with Gasteiger partial charge in [-0.1, -0.05) is 50.1 Å². The van der Waals surface area contributed by atoms with Crippen LogP contribution in [-0.4, -0.2) is 34.8 Å². The van der Waals surface area contributed by atoms with Crippen molar-refractivity contribution in [2.75, 3.05) is 24.2 Å². The van der Waals surface area contributed by atoms with Crippen molar-refractivity contribution in [1.29, 1.82) is 0 Å². The summed E-state index contributed by atoms with van der Waals surface area (Å²) < 4.78 is 0. The summed E-state index contributed by atoms with van der Waals surface area (Å²) in [6.45, 7) is 5.21. The molecule has 3 N–H and O–H groups in total. The van der Waals surface area contributed by atoms with Crippen LogP contribution in [0.25, 0.3) is 22.0 Å². The van der Waals surface area contributed by atoms with Gasteiger partial charge in [0.1, 0.15) is 5.82 Å². The second-order valence-electron chi connectivity index (χ2n) is 9.56. The van der Waals surface area contributed by atoms with Crippen LogP contribution in [0, 0.1) is 18.8 Å². The van der Waals surface area contributed by atoms with Crippen LogP contribution in [-0.2, 0) is 0 Å². The quantitative estimate of drug-likeness (QED) is 0.354. The Labute approximate surface area is 198 Å². The molecule has 0 saturated heterocycles. The fourth-order valence-corrected chi connectivity index (χ4v) is 5.12. The highest BCUT2D eigenvalue weighted by molar-refractivity contribution is 5.93. The minimum Gasteiger partial charge on any atom is -0.393 e. The molecule has 3 aromatic rings. The van der Waals surface area contributed by atoms with Gasteiger partial charge in [0.15, 0.2) is 0 Å². The zero-order valence-electron chi connectivity index (χ0n) is 20.3. The fraction of sp³-hybridized carbons (Fsp3) is 0.500. The molecule has 0 spiro atoms. The summed E-state index contributed by atoms with van der Waals surface area (Å²) in [4.78, 5) is 9.56. The minimum atomic E-state index is -0.120. The van der Waals surface area contributed by atoms with Gasteiger partial charge in [0, 0.05) is 19.0 Å². The van der Waals surface area contributed by atoms with Crippen molar-refractivity contribution in [3.05, 3.63) is 48.0 Å². The molecule has 5 heteroatoms. The maximum Gasteiger partial charge on any atom is 0.225 e.